The van der Waals surface area contributed by atoms with Crippen molar-refractivity contribution in [3.8, 4) is 0 Å². The standard InChI is InChI=1S/2C5H10O.C4H10O.C3H8O/c2*1-2-4-6-5-3-1;1-2-3-4-5;1-3(2)4/h2*1-5H2;5H,2-4H2,1H3;3-4H,1-2H3. The van der Waals surface area contributed by atoms with E-state index in [4.69, 9.17) is 19.7 Å². The Bertz CT molecular complexity index is 115. The van der Waals surface area contributed by atoms with Crippen molar-refractivity contribution in [3.05, 3.63) is 0 Å². The molecule has 2 rings (SSSR count). The maximum absolute atomic E-state index is 8.07. The molecule has 0 atom stereocenters. The van der Waals surface area contributed by atoms with E-state index in [1.807, 2.05) is 0 Å². The van der Waals surface area contributed by atoms with Gasteiger partial charge in [-0.25, -0.2) is 0 Å². The van der Waals surface area contributed by atoms with Gasteiger partial charge in [0.2, 0.25) is 0 Å². The molecule has 0 spiro atoms. The first-order valence-corrected chi connectivity index (χ1v) is 8.59. The van der Waals surface area contributed by atoms with Crippen LogP contribution < -0.4 is 0 Å². The van der Waals surface area contributed by atoms with Gasteiger partial charge in [-0.15, -0.1) is 0 Å². The van der Waals surface area contributed by atoms with Crippen molar-refractivity contribution in [2.45, 2.75) is 78.2 Å². The second-order valence-corrected chi connectivity index (χ2v) is 5.52. The summed E-state index contributed by atoms with van der Waals surface area (Å²) in [5.74, 6) is 0. The van der Waals surface area contributed by atoms with Gasteiger partial charge in [0.15, 0.2) is 0 Å². The van der Waals surface area contributed by atoms with E-state index in [-0.39, 0.29) is 6.10 Å². The van der Waals surface area contributed by atoms with Crippen LogP contribution in [0.5, 0.6) is 0 Å². The van der Waals surface area contributed by atoms with Gasteiger partial charge in [0.25, 0.3) is 0 Å². The summed E-state index contributed by atoms with van der Waals surface area (Å²) < 4.78 is 10.1. The minimum atomic E-state index is -0.167. The highest BCUT2D eigenvalue weighted by Gasteiger charge is 1.95. The topological polar surface area (TPSA) is 58.9 Å². The Labute approximate surface area is 131 Å². The van der Waals surface area contributed by atoms with Crippen LogP contribution in [0.25, 0.3) is 0 Å². The summed E-state index contributed by atoms with van der Waals surface area (Å²) in [5, 5.41) is 16.1. The molecule has 2 saturated heterocycles. The first kappa shape index (κ1) is 23.1. The van der Waals surface area contributed by atoms with Crippen LogP contribution in [-0.2, 0) is 9.47 Å². The molecule has 2 N–H and O–H groups in total. The largest absolute Gasteiger partial charge is 0.396 e. The molecule has 0 aromatic rings. The van der Waals surface area contributed by atoms with Crippen LogP contribution in [-0.4, -0.2) is 49.4 Å². The van der Waals surface area contributed by atoms with E-state index < -0.39 is 0 Å². The molecule has 2 fully saturated rings. The number of unbranched alkanes of at least 4 members (excludes halogenated alkanes) is 1. The van der Waals surface area contributed by atoms with Crippen LogP contribution in [0.2, 0.25) is 0 Å². The van der Waals surface area contributed by atoms with Gasteiger partial charge in [-0.05, 0) is 58.8 Å². The molecule has 0 unspecified atom stereocenters. The summed E-state index contributed by atoms with van der Waals surface area (Å²) >= 11 is 0. The van der Waals surface area contributed by atoms with Crippen LogP contribution >= 0.6 is 0 Å². The predicted molar refractivity (Wildman–Crippen MR) is 88.7 cm³/mol. The number of ether oxygens (including phenoxy) is 2. The predicted octanol–water partition coefficient (Wildman–Crippen LogP) is 3.54. The Balaban J connectivity index is 0. The van der Waals surface area contributed by atoms with Crippen LogP contribution in [0.3, 0.4) is 0 Å². The van der Waals surface area contributed by atoms with Gasteiger partial charge in [-0.1, -0.05) is 13.3 Å². The van der Waals surface area contributed by atoms with E-state index in [1.54, 1.807) is 13.8 Å². The molecule has 2 aliphatic heterocycles. The molecule has 4 nitrogen and oxygen atoms in total. The van der Waals surface area contributed by atoms with E-state index in [1.165, 1.54) is 38.5 Å². The minimum absolute atomic E-state index is 0.167. The lowest BCUT2D eigenvalue weighted by atomic mass is 10.2. The number of hydrogen-bond donors (Lipinski definition) is 2. The molecule has 4 heteroatoms. The monoisotopic (exact) mass is 306 g/mol. The maximum Gasteiger partial charge on any atom is 0.0483 e. The zero-order chi connectivity index (χ0) is 16.2. The molecule has 0 amide bonds. The second kappa shape index (κ2) is 22.1. The molecule has 130 valence electrons. The van der Waals surface area contributed by atoms with E-state index in [0.717, 1.165) is 39.3 Å². The van der Waals surface area contributed by atoms with Crippen LogP contribution in [0.1, 0.15) is 72.1 Å². The van der Waals surface area contributed by atoms with E-state index in [9.17, 15) is 0 Å². The van der Waals surface area contributed by atoms with Gasteiger partial charge in [0, 0.05) is 39.1 Å². The van der Waals surface area contributed by atoms with Gasteiger partial charge in [0.1, 0.15) is 0 Å². The lowest BCUT2D eigenvalue weighted by molar-refractivity contribution is 0.0967. The smallest absolute Gasteiger partial charge is 0.0483 e. The number of aliphatic hydroxyl groups excluding tert-OH is 2. The fraction of sp³-hybridized carbons (Fsp3) is 1.00. The average molecular weight is 306 g/mol. The molecule has 0 radical (unpaired) electrons. The summed E-state index contributed by atoms with van der Waals surface area (Å²) in [6.45, 7) is 9.84. The fourth-order valence-corrected chi connectivity index (χ4v) is 1.53. The molecular weight excluding hydrogens is 268 g/mol. The Morgan fingerprint density at radius 3 is 1.19 bits per heavy atom. The summed E-state index contributed by atoms with van der Waals surface area (Å²) in [6.07, 6.45) is 9.73. The SMILES string of the molecule is C1CCOCC1.C1CCOCC1.CC(C)O.CCCCO. The van der Waals surface area contributed by atoms with Gasteiger partial charge < -0.3 is 19.7 Å². The number of rotatable bonds is 2. The molecule has 0 aromatic heterocycles. The first-order valence-electron chi connectivity index (χ1n) is 8.59. The highest BCUT2D eigenvalue weighted by Crippen LogP contribution is 2.02. The highest BCUT2D eigenvalue weighted by molar-refractivity contribution is 4.45. The van der Waals surface area contributed by atoms with Crippen molar-refractivity contribution in [1.82, 2.24) is 0 Å². The van der Waals surface area contributed by atoms with E-state index >= 15 is 0 Å². The maximum atomic E-state index is 8.07. The third-order valence-electron chi connectivity index (χ3n) is 2.67. The molecule has 21 heavy (non-hydrogen) atoms. The van der Waals surface area contributed by atoms with E-state index in [2.05, 4.69) is 6.92 Å². The molecule has 0 aromatic carbocycles. The second-order valence-electron chi connectivity index (χ2n) is 5.52. The van der Waals surface area contributed by atoms with Gasteiger partial charge in [0.05, 0.1) is 0 Å². The summed E-state index contributed by atoms with van der Waals surface area (Å²) in [6, 6.07) is 0. The third kappa shape index (κ3) is 33.0. The van der Waals surface area contributed by atoms with E-state index in [0.29, 0.717) is 6.61 Å². The van der Waals surface area contributed by atoms with Crippen molar-refractivity contribution >= 4 is 0 Å². The molecule has 0 aliphatic carbocycles. The zero-order valence-corrected chi connectivity index (χ0v) is 14.5. The van der Waals surface area contributed by atoms with Crippen LogP contribution in [0.15, 0.2) is 0 Å². The van der Waals surface area contributed by atoms with Gasteiger partial charge in [-0.3, -0.25) is 0 Å². The van der Waals surface area contributed by atoms with Crippen molar-refractivity contribution < 1.29 is 19.7 Å². The van der Waals surface area contributed by atoms with Crippen molar-refractivity contribution in [3.63, 3.8) is 0 Å². The summed E-state index contributed by atoms with van der Waals surface area (Å²) in [7, 11) is 0. The molecule has 2 heterocycles. The summed E-state index contributed by atoms with van der Waals surface area (Å²) in [5.41, 5.74) is 0. The number of aliphatic hydroxyl groups is 2. The first-order chi connectivity index (χ1) is 10.1. The molecule has 2 aliphatic rings. The highest BCUT2D eigenvalue weighted by atomic mass is 16.5. The van der Waals surface area contributed by atoms with Crippen molar-refractivity contribution in [2.24, 2.45) is 0 Å². The summed E-state index contributed by atoms with van der Waals surface area (Å²) in [4.78, 5) is 0. The van der Waals surface area contributed by atoms with Gasteiger partial charge >= 0.3 is 0 Å². The Kier molecular flexibility index (Phi) is 24.4. The minimum Gasteiger partial charge on any atom is -0.396 e. The molecular formula is C17H38O4. The Morgan fingerprint density at radius 1 is 0.810 bits per heavy atom. The molecule has 0 saturated carbocycles. The van der Waals surface area contributed by atoms with Gasteiger partial charge in [-0.2, -0.15) is 0 Å². The average Bonchev–Trinajstić information content (AvgIpc) is 2.52. The normalized spacial score (nSPS) is 17.4. The quantitative estimate of drug-likeness (QED) is 0.819. The Morgan fingerprint density at radius 2 is 1.14 bits per heavy atom. The molecule has 0 bridgehead atoms. The van der Waals surface area contributed by atoms with Crippen LogP contribution in [0.4, 0.5) is 0 Å². The fourth-order valence-electron chi connectivity index (χ4n) is 1.53. The lowest BCUT2D eigenvalue weighted by Crippen LogP contribution is -2.03. The zero-order valence-electron chi connectivity index (χ0n) is 14.5. The van der Waals surface area contributed by atoms with Crippen molar-refractivity contribution in [1.29, 1.82) is 0 Å². The number of hydrogen-bond acceptors (Lipinski definition) is 4. The third-order valence-corrected chi connectivity index (χ3v) is 2.67. The Hall–Kier alpha value is -0.160. The lowest BCUT2D eigenvalue weighted by Gasteiger charge is -2.08. The van der Waals surface area contributed by atoms with Crippen molar-refractivity contribution in [2.75, 3.05) is 33.0 Å². The van der Waals surface area contributed by atoms with Crippen LogP contribution in [0, 0.1) is 0 Å².